The summed E-state index contributed by atoms with van der Waals surface area (Å²) in [5.41, 5.74) is 1.54. The molecule has 0 unspecified atom stereocenters. The molecule has 29 heavy (non-hydrogen) atoms. The molecule has 148 valence electrons. The first-order valence-electron chi connectivity index (χ1n) is 8.17. The Morgan fingerprint density at radius 3 is 2.66 bits per heavy atom. The normalized spacial score (nSPS) is 11.3. The third-order valence-corrected chi connectivity index (χ3v) is 5.87. The summed E-state index contributed by atoms with van der Waals surface area (Å²) in [6.45, 7) is -0.234. The Balaban J connectivity index is 1.34. The summed E-state index contributed by atoms with van der Waals surface area (Å²) in [6, 6.07) is 10.7. The molecule has 0 aliphatic rings. The van der Waals surface area contributed by atoms with Crippen molar-refractivity contribution >= 4 is 49.1 Å². The smallest absolute Gasteiger partial charge is 0.263 e. The number of aromatic nitrogens is 3. The number of fused-ring (bicyclic) bond motifs is 1. The van der Waals surface area contributed by atoms with Gasteiger partial charge in [0.15, 0.2) is 11.7 Å². The Morgan fingerprint density at radius 2 is 1.90 bits per heavy atom. The summed E-state index contributed by atoms with van der Waals surface area (Å²) in [4.78, 5) is 16.0. The zero-order valence-electron chi connectivity index (χ0n) is 14.6. The fourth-order valence-electron chi connectivity index (χ4n) is 2.36. The molecule has 4 rings (SSSR count). The third kappa shape index (κ3) is 4.50. The molecule has 0 saturated heterocycles. The molecule has 10 nitrogen and oxygen atoms in total. The first-order valence-corrected chi connectivity index (χ1v) is 10.5. The van der Waals surface area contributed by atoms with Crippen LogP contribution in [0.25, 0.3) is 11.0 Å². The van der Waals surface area contributed by atoms with Crippen molar-refractivity contribution in [1.82, 2.24) is 15.3 Å². The zero-order chi connectivity index (χ0) is 20.3. The fourth-order valence-corrected chi connectivity index (χ4v) is 4.15. The topological polar surface area (TPSA) is 136 Å². The summed E-state index contributed by atoms with van der Waals surface area (Å²) < 4.78 is 37.0. The molecule has 0 aliphatic carbocycles. The first kappa shape index (κ1) is 18.8. The highest BCUT2D eigenvalue weighted by atomic mass is 32.2. The standard InChI is InChI=1S/C17H13N5O5S2/c23-16(10-26-12-3-6-14-15(9-12)21-27-20-14)19-11-1-4-13(5-2-11)29(24,25)22-17-18-7-8-28-17/h1-9H,10H2,(H,18,22)(H,19,23). The highest BCUT2D eigenvalue weighted by molar-refractivity contribution is 7.93. The minimum Gasteiger partial charge on any atom is -0.484 e. The predicted octanol–water partition coefficient (Wildman–Crippen LogP) is 2.50. The van der Waals surface area contributed by atoms with Crippen molar-refractivity contribution in [1.29, 1.82) is 0 Å². The molecule has 0 aliphatic heterocycles. The van der Waals surface area contributed by atoms with Crippen molar-refractivity contribution in [3.8, 4) is 5.75 Å². The number of hydrogen-bond donors (Lipinski definition) is 2. The van der Waals surface area contributed by atoms with Crippen LogP contribution in [0.4, 0.5) is 10.8 Å². The van der Waals surface area contributed by atoms with E-state index in [-0.39, 0.29) is 16.6 Å². The Morgan fingerprint density at radius 1 is 1.10 bits per heavy atom. The van der Waals surface area contributed by atoms with E-state index in [2.05, 4.69) is 30.0 Å². The van der Waals surface area contributed by atoms with Crippen LogP contribution in [0, 0.1) is 0 Å². The quantitative estimate of drug-likeness (QED) is 0.455. The van der Waals surface area contributed by atoms with Gasteiger partial charge in [-0.15, -0.1) is 11.3 Å². The van der Waals surface area contributed by atoms with E-state index >= 15 is 0 Å². The SMILES string of the molecule is O=C(COc1ccc2nonc2c1)Nc1ccc(S(=O)(=O)Nc2nccs2)cc1. The highest BCUT2D eigenvalue weighted by Gasteiger charge is 2.15. The number of rotatable bonds is 7. The minimum atomic E-state index is -3.75. The number of carbonyl (C=O) groups excluding carboxylic acids is 1. The number of nitrogens with zero attached hydrogens (tertiary/aromatic N) is 3. The number of benzene rings is 2. The molecule has 1 amide bonds. The Labute approximate surface area is 168 Å². The third-order valence-electron chi connectivity index (χ3n) is 3.70. The van der Waals surface area contributed by atoms with Crippen LogP contribution in [0.5, 0.6) is 5.75 Å². The maximum Gasteiger partial charge on any atom is 0.263 e. The van der Waals surface area contributed by atoms with Crippen molar-refractivity contribution in [2.24, 2.45) is 0 Å². The fraction of sp³-hybridized carbons (Fsp3) is 0.0588. The summed E-state index contributed by atoms with van der Waals surface area (Å²) in [7, 11) is -3.75. The number of anilines is 2. The van der Waals surface area contributed by atoms with E-state index in [1.54, 1.807) is 23.6 Å². The van der Waals surface area contributed by atoms with Gasteiger partial charge in [0.2, 0.25) is 0 Å². The number of ether oxygens (including phenoxy) is 1. The van der Waals surface area contributed by atoms with E-state index in [0.29, 0.717) is 22.5 Å². The molecule has 0 saturated carbocycles. The van der Waals surface area contributed by atoms with Crippen molar-refractivity contribution in [2.45, 2.75) is 4.90 Å². The van der Waals surface area contributed by atoms with E-state index in [4.69, 9.17) is 4.74 Å². The van der Waals surface area contributed by atoms with Crippen molar-refractivity contribution < 1.29 is 22.6 Å². The van der Waals surface area contributed by atoms with Gasteiger partial charge in [-0.1, -0.05) is 0 Å². The van der Waals surface area contributed by atoms with Crippen LogP contribution < -0.4 is 14.8 Å². The Hall–Kier alpha value is -3.51. The number of thiazole rings is 1. The number of nitrogens with one attached hydrogen (secondary N) is 2. The van der Waals surface area contributed by atoms with E-state index in [1.807, 2.05) is 0 Å². The number of hydrogen-bond acceptors (Lipinski definition) is 9. The molecular formula is C17H13N5O5S2. The van der Waals surface area contributed by atoms with Crippen molar-refractivity contribution in [2.75, 3.05) is 16.6 Å². The Kier molecular flexibility index (Phi) is 5.10. The largest absolute Gasteiger partial charge is 0.484 e. The van der Waals surface area contributed by atoms with Crippen LogP contribution in [0.3, 0.4) is 0 Å². The lowest BCUT2D eigenvalue weighted by Crippen LogP contribution is -2.20. The highest BCUT2D eigenvalue weighted by Crippen LogP contribution is 2.20. The van der Waals surface area contributed by atoms with Gasteiger partial charge in [0, 0.05) is 23.3 Å². The average Bonchev–Trinajstić information content (AvgIpc) is 3.37. The zero-order valence-corrected chi connectivity index (χ0v) is 16.2. The maximum absolute atomic E-state index is 12.3. The van der Waals surface area contributed by atoms with Gasteiger partial charge in [-0.2, -0.15) is 0 Å². The van der Waals surface area contributed by atoms with Gasteiger partial charge in [0.25, 0.3) is 15.9 Å². The van der Waals surface area contributed by atoms with Crippen LogP contribution in [-0.4, -0.2) is 36.2 Å². The van der Waals surface area contributed by atoms with Gasteiger partial charge < -0.3 is 10.1 Å². The van der Waals surface area contributed by atoms with E-state index in [1.165, 1.54) is 41.8 Å². The number of sulfonamides is 1. The molecule has 0 radical (unpaired) electrons. The monoisotopic (exact) mass is 431 g/mol. The van der Waals surface area contributed by atoms with Crippen LogP contribution >= 0.6 is 11.3 Å². The summed E-state index contributed by atoms with van der Waals surface area (Å²) in [5, 5.41) is 12.0. The molecule has 12 heteroatoms. The summed E-state index contributed by atoms with van der Waals surface area (Å²) in [6.07, 6.45) is 1.50. The Bertz CT molecular complexity index is 1240. The molecule has 2 aromatic carbocycles. The second kappa shape index (κ2) is 7.85. The molecule has 0 fully saturated rings. The number of amides is 1. The molecule has 2 heterocycles. The predicted molar refractivity (Wildman–Crippen MR) is 105 cm³/mol. The van der Waals surface area contributed by atoms with Crippen molar-refractivity contribution in [3.63, 3.8) is 0 Å². The first-order chi connectivity index (χ1) is 14.0. The molecule has 0 atom stereocenters. The van der Waals surface area contributed by atoms with Gasteiger partial charge in [0.05, 0.1) is 4.90 Å². The van der Waals surface area contributed by atoms with Crippen LogP contribution in [-0.2, 0) is 14.8 Å². The summed E-state index contributed by atoms with van der Waals surface area (Å²) in [5.74, 6) is 0.0398. The lowest BCUT2D eigenvalue weighted by molar-refractivity contribution is -0.118. The summed E-state index contributed by atoms with van der Waals surface area (Å²) >= 11 is 1.18. The van der Waals surface area contributed by atoms with Crippen LogP contribution in [0.2, 0.25) is 0 Å². The van der Waals surface area contributed by atoms with E-state index < -0.39 is 15.9 Å². The lowest BCUT2D eigenvalue weighted by Gasteiger charge is -2.09. The second-order valence-corrected chi connectivity index (χ2v) is 8.30. The van der Waals surface area contributed by atoms with Gasteiger partial charge >= 0.3 is 0 Å². The lowest BCUT2D eigenvalue weighted by atomic mass is 10.3. The molecular weight excluding hydrogens is 418 g/mol. The van der Waals surface area contributed by atoms with E-state index in [0.717, 1.165) is 0 Å². The minimum absolute atomic E-state index is 0.0523. The van der Waals surface area contributed by atoms with Gasteiger partial charge in [-0.05, 0) is 46.7 Å². The molecule has 0 spiro atoms. The number of carbonyl (C=O) groups is 1. The van der Waals surface area contributed by atoms with Gasteiger partial charge in [-0.3, -0.25) is 9.52 Å². The van der Waals surface area contributed by atoms with Gasteiger partial charge in [-0.25, -0.2) is 18.0 Å². The van der Waals surface area contributed by atoms with Crippen molar-refractivity contribution in [3.05, 3.63) is 54.0 Å². The average molecular weight is 431 g/mol. The molecule has 2 aromatic heterocycles. The van der Waals surface area contributed by atoms with Crippen LogP contribution in [0.1, 0.15) is 0 Å². The molecule has 0 bridgehead atoms. The van der Waals surface area contributed by atoms with E-state index in [9.17, 15) is 13.2 Å². The maximum atomic E-state index is 12.3. The second-order valence-electron chi connectivity index (χ2n) is 5.72. The molecule has 4 aromatic rings. The van der Waals surface area contributed by atoms with Gasteiger partial charge in [0.1, 0.15) is 16.8 Å². The van der Waals surface area contributed by atoms with Crippen LogP contribution in [0.15, 0.2) is 63.6 Å². The molecule has 2 N–H and O–H groups in total.